The third kappa shape index (κ3) is 5.57. The molecule has 0 saturated heterocycles. The van der Waals surface area contributed by atoms with Crippen LogP contribution in [-0.2, 0) is 26.1 Å². The lowest BCUT2D eigenvalue weighted by Crippen LogP contribution is -2.38. The van der Waals surface area contributed by atoms with E-state index in [0.717, 1.165) is 49.4 Å². The fourth-order valence-corrected chi connectivity index (χ4v) is 3.18. The van der Waals surface area contributed by atoms with Gasteiger partial charge in [-0.15, -0.1) is 34.2 Å². The number of methoxy groups -OCH3 is 1. The van der Waals surface area contributed by atoms with Crippen molar-refractivity contribution in [2.45, 2.75) is 45.8 Å². The molecule has 7 nitrogen and oxygen atoms in total. The fraction of sp³-hybridized carbons (Fsp3) is 0.526. The number of hydrogen-bond donors (Lipinski definition) is 1. The highest BCUT2D eigenvalue weighted by atomic mass is 127. The molecule has 0 fully saturated rings. The van der Waals surface area contributed by atoms with Crippen LogP contribution in [0.3, 0.4) is 0 Å². The van der Waals surface area contributed by atoms with Gasteiger partial charge in [-0.1, -0.05) is 12.1 Å². The van der Waals surface area contributed by atoms with Crippen LogP contribution in [-0.4, -0.2) is 46.3 Å². The van der Waals surface area contributed by atoms with E-state index >= 15 is 0 Å². The van der Waals surface area contributed by atoms with Crippen molar-refractivity contribution in [1.29, 1.82) is 0 Å². The van der Waals surface area contributed by atoms with E-state index in [4.69, 9.17) is 9.73 Å². The van der Waals surface area contributed by atoms with Crippen LogP contribution in [0.4, 0.5) is 0 Å². The molecule has 0 atom stereocenters. The number of aromatic nitrogens is 3. The van der Waals surface area contributed by atoms with Crippen LogP contribution in [0.15, 0.2) is 29.3 Å². The van der Waals surface area contributed by atoms with Gasteiger partial charge < -0.3 is 19.5 Å². The number of hydrogen-bond acceptors (Lipinski definition) is 4. The molecule has 1 aromatic heterocycles. The summed E-state index contributed by atoms with van der Waals surface area (Å²) >= 11 is 0. The van der Waals surface area contributed by atoms with Gasteiger partial charge in [0, 0.05) is 33.1 Å². The second-order valence-electron chi connectivity index (χ2n) is 6.52. The highest BCUT2D eigenvalue weighted by molar-refractivity contribution is 14.0. The van der Waals surface area contributed by atoms with Crippen LogP contribution in [0, 0.1) is 0 Å². The molecule has 0 bridgehead atoms. The van der Waals surface area contributed by atoms with Gasteiger partial charge in [0.1, 0.15) is 18.1 Å². The molecule has 27 heavy (non-hydrogen) atoms. The molecule has 0 saturated carbocycles. The first kappa shape index (κ1) is 21.5. The number of aryl methyl sites for hydroxylation is 1. The maximum atomic E-state index is 5.22. The first-order valence-corrected chi connectivity index (χ1v) is 9.24. The van der Waals surface area contributed by atoms with Gasteiger partial charge in [-0.25, -0.2) is 4.99 Å². The molecule has 2 heterocycles. The molecule has 0 radical (unpaired) electrons. The zero-order chi connectivity index (χ0) is 18.4. The highest BCUT2D eigenvalue weighted by Gasteiger charge is 2.15. The van der Waals surface area contributed by atoms with E-state index in [9.17, 15) is 0 Å². The van der Waals surface area contributed by atoms with Crippen molar-refractivity contribution in [3.8, 4) is 5.75 Å². The quantitative estimate of drug-likeness (QED) is 0.388. The van der Waals surface area contributed by atoms with E-state index in [1.54, 1.807) is 7.11 Å². The van der Waals surface area contributed by atoms with Gasteiger partial charge in [-0.3, -0.25) is 0 Å². The van der Waals surface area contributed by atoms with Crippen LogP contribution in [0.5, 0.6) is 5.75 Å². The number of nitrogens with one attached hydrogen (secondary N) is 1. The number of nitrogens with zero attached hydrogens (tertiary/aromatic N) is 5. The molecular formula is C19H29IN6O. The SMILES string of the molecule is CCNC(=NCc1nnc2n1CCCC2)N(C)Cc1ccc(OC)cc1.I. The predicted molar refractivity (Wildman–Crippen MR) is 118 cm³/mol. The minimum Gasteiger partial charge on any atom is -0.497 e. The molecule has 3 rings (SSSR count). The van der Waals surface area contributed by atoms with Crippen molar-refractivity contribution in [3.05, 3.63) is 41.5 Å². The van der Waals surface area contributed by atoms with E-state index in [1.165, 1.54) is 18.4 Å². The van der Waals surface area contributed by atoms with E-state index in [2.05, 4.69) is 44.0 Å². The molecule has 8 heteroatoms. The lowest BCUT2D eigenvalue weighted by molar-refractivity contribution is 0.414. The number of fused-ring (bicyclic) bond motifs is 1. The molecule has 1 aliphatic heterocycles. The zero-order valence-electron chi connectivity index (χ0n) is 16.3. The average Bonchev–Trinajstić information content (AvgIpc) is 3.09. The van der Waals surface area contributed by atoms with Crippen molar-refractivity contribution >= 4 is 29.9 Å². The molecule has 0 aliphatic carbocycles. The van der Waals surface area contributed by atoms with Gasteiger partial charge in [0.2, 0.25) is 0 Å². The smallest absolute Gasteiger partial charge is 0.194 e. The van der Waals surface area contributed by atoms with Crippen LogP contribution in [0.2, 0.25) is 0 Å². The van der Waals surface area contributed by atoms with Crippen molar-refractivity contribution in [3.63, 3.8) is 0 Å². The summed E-state index contributed by atoms with van der Waals surface area (Å²) in [5.74, 6) is 3.79. The first-order valence-electron chi connectivity index (χ1n) is 9.24. The molecule has 0 amide bonds. The third-order valence-corrected chi connectivity index (χ3v) is 4.58. The maximum Gasteiger partial charge on any atom is 0.194 e. The Morgan fingerprint density at radius 2 is 2.04 bits per heavy atom. The summed E-state index contributed by atoms with van der Waals surface area (Å²) in [6.45, 7) is 5.22. The Labute approximate surface area is 178 Å². The van der Waals surface area contributed by atoms with Gasteiger partial charge in [-0.05, 0) is 37.5 Å². The molecule has 0 unspecified atom stereocenters. The Hall–Kier alpha value is -1.84. The first-order chi connectivity index (χ1) is 12.7. The third-order valence-electron chi connectivity index (χ3n) is 4.58. The standard InChI is InChI=1S/C19H28N6O.HI/c1-4-20-19(24(2)14-15-8-10-16(26-3)11-9-15)21-13-18-23-22-17-7-5-6-12-25(17)18;/h8-11H,4-7,12-14H2,1-3H3,(H,20,21);1H. The van der Waals surface area contributed by atoms with Crippen molar-refractivity contribution in [1.82, 2.24) is 25.0 Å². The number of benzene rings is 1. The molecular weight excluding hydrogens is 455 g/mol. The summed E-state index contributed by atoms with van der Waals surface area (Å²) in [5.41, 5.74) is 1.21. The Balaban J connectivity index is 0.00000261. The summed E-state index contributed by atoms with van der Waals surface area (Å²) in [4.78, 5) is 6.90. The second-order valence-corrected chi connectivity index (χ2v) is 6.52. The highest BCUT2D eigenvalue weighted by Crippen LogP contribution is 2.15. The summed E-state index contributed by atoms with van der Waals surface area (Å²) in [7, 11) is 3.73. The summed E-state index contributed by atoms with van der Waals surface area (Å²) in [6, 6.07) is 8.12. The molecule has 1 aliphatic rings. The Morgan fingerprint density at radius 1 is 1.26 bits per heavy atom. The number of rotatable bonds is 6. The summed E-state index contributed by atoms with van der Waals surface area (Å²) in [6.07, 6.45) is 3.42. The van der Waals surface area contributed by atoms with Crippen molar-refractivity contribution in [2.24, 2.45) is 4.99 Å². The van der Waals surface area contributed by atoms with Gasteiger partial charge in [0.15, 0.2) is 11.8 Å². The molecule has 2 aromatic rings. The fourth-order valence-electron chi connectivity index (χ4n) is 3.18. The van der Waals surface area contributed by atoms with Crippen LogP contribution < -0.4 is 10.1 Å². The maximum absolute atomic E-state index is 5.22. The summed E-state index contributed by atoms with van der Waals surface area (Å²) in [5, 5.41) is 12.0. The lowest BCUT2D eigenvalue weighted by atomic mass is 10.2. The van der Waals surface area contributed by atoms with Crippen LogP contribution >= 0.6 is 24.0 Å². The van der Waals surface area contributed by atoms with E-state index < -0.39 is 0 Å². The van der Waals surface area contributed by atoms with E-state index in [1.807, 2.05) is 19.2 Å². The number of aliphatic imine (C=N–C) groups is 1. The Kier molecular flexibility index (Phi) is 8.33. The van der Waals surface area contributed by atoms with Gasteiger partial charge in [0.25, 0.3) is 0 Å². The average molecular weight is 484 g/mol. The Bertz CT molecular complexity index is 743. The van der Waals surface area contributed by atoms with Crippen LogP contribution in [0.25, 0.3) is 0 Å². The van der Waals surface area contributed by atoms with Gasteiger partial charge in [0.05, 0.1) is 7.11 Å². The van der Waals surface area contributed by atoms with E-state index in [0.29, 0.717) is 6.54 Å². The van der Waals surface area contributed by atoms with Gasteiger partial charge >= 0.3 is 0 Å². The van der Waals surface area contributed by atoms with Crippen LogP contribution in [0.1, 0.15) is 37.0 Å². The second kappa shape index (κ2) is 10.5. The van der Waals surface area contributed by atoms with Crippen molar-refractivity contribution < 1.29 is 4.74 Å². The number of guanidine groups is 1. The molecule has 148 valence electrons. The minimum atomic E-state index is 0. The normalized spacial score (nSPS) is 13.5. The molecule has 0 spiro atoms. The molecule has 1 N–H and O–H groups in total. The lowest BCUT2D eigenvalue weighted by Gasteiger charge is -2.22. The number of halogens is 1. The van der Waals surface area contributed by atoms with Gasteiger partial charge in [-0.2, -0.15) is 0 Å². The predicted octanol–water partition coefficient (Wildman–Crippen LogP) is 2.84. The largest absolute Gasteiger partial charge is 0.497 e. The monoisotopic (exact) mass is 484 g/mol. The minimum absolute atomic E-state index is 0. The van der Waals surface area contributed by atoms with E-state index in [-0.39, 0.29) is 24.0 Å². The Morgan fingerprint density at radius 3 is 2.74 bits per heavy atom. The topological polar surface area (TPSA) is 67.6 Å². The number of ether oxygens (including phenoxy) is 1. The van der Waals surface area contributed by atoms with Crippen molar-refractivity contribution in [2.75, 3.05) is 20.7 Å². The molecule has 1 aromatic carbocycles. The summed E-state index contributed by atoms with van der Waals surface area (Å²) < 4.78 is 7.44. The zero-order valence-corrected chi connectivity index (χ0v) is 18.6.